The van der Waals surface area contributed by atoms with Crippen LogP contribution in [-0.4, -0.2) is 36.2 Å². The Hall–Kier alpha value is -1.64. The summed E-state index contributed by atoms with van der Waals surface area (Å²) in [6, 6.07) is 21.0. The van der Waals surface area contributed by atoms with Crippen LogP contribution < -0.4 is 0 Å². The Morgan fingerprint density at radius 2 is 1.48 bits per heavy atom. The van der Waals surface area contributed by atoms with Crippen molar-refractivity contribution in [1.82, 2.24) is 4.90 Å². The third-order valence-electron chi connectivity index (χ3n) is 4.74. The van der Waals surface area contributed by atoms with E-state index in [-0.39, 0.29) is 5.41 Å². The Morgan fingerprint density at radius 3 is 2.00 bits per heavy atom. The summed E-state index contributed by atoms with van der Waals surface area (Å²) in [4.78, 5) is 2.23. The molecule has 1 N–H and O–H groups in total. The van der Waals surface area contributed by atoms with E-state index < -0.39 is 6.10 Å². The van der Waals surface area contributed by atoms with Crippen LogP contribution >= 0.6 is 0 Å². The van der Waals surface area contributed by atoms with Crippen LogP contribution in [-0.2, 0) is 5.41 Å². The Kier molecular flexibility index (Phi) is 4.09. The maximum Gasteiger partial charge on any atom is 0.0803 e. The fourth-order valence-corrected chi connectivity index (χ4v) is 3.65. The quantitative estimate of drug-likeness (QED) is 0.914. The van der Waals surface area contributed by atoms with Crippen molar-refractivity contribution in [3.8, 4) is 0 Å². The smallest absolute Gasteiger partial charge is 0.0803 e. The number of β-amino-alcohol motifs (C(OH)–C–C–N with tert-alkyl or cyclic N) is 1. The van der Waals surface area contributed by atoms with Gasteiger partial charge in [0.2, 0.25) is 0 Å². The highest BCUT2D eigenvalue weighted by molar-refractivity contribution is 5.41. The Morgan fingerprint density at radius 1 is 0.952 bits per heavy atom. The van der Waals surface area contributed by atoms with E-state index in [0.29, 0.717) is 6.54 Å². The van der Waals surface area contributed by atoms with Gasteiger partial charge < -0.3 is 10.0 Å². The van der Waals surface area contributed by atoms with Crippen molar-refractivity contribution in [1.29, 1.82) is 0 Å². The first-order valence-corrected chi connectivity index (χ1v) is 7.71. The standard InChI is InChI=1S/C19H23NO/c1-20-14-8-13-19(18(21)15-20,16-9-4-2-5-10-16)17-11-6-3-7-12-17/h2-7,9-12,18,21H,8,13-15H2,1H3/t18-/m0/s1. The zero-order chi connectivity index (χ0) is 14.7. The zero-order valence-corrected chi connectivity index (χ0v) is 12.6. The summed E-state index contributed by atoms with van der Waals surface area (Å²) in [5.41, 5.74) is 2.14. The van der Waals surface area contributed by atoms with Gasteiger partial charge in [-0.3, -0.25) is 0 Å². The molecule has 0 saturated carbocycles. The van der Waals surface area contributed by atoms with Crippen molar-refractivity contribution >= 4 is 0 Å². The number of nitrogens with zero attached hydrogens (tertiary/aromatic N) is 1. The van der Waals surface area contributed by atoms with Crippen molar-refractivity contribution in [3.05, 3.63) is 71.8 Å². The van der Waals surface area contributed by atoms with Gasteiger partial charge in [0.05, 0.1) is 6.10 Å². The van der Waals surface area contributed by atoms with E-state index in [1.54, 1.807) is 0 Å². The summed E-state index contributed by atoms with van der Waals surface area (Å²) in [7, 11) is 2.09. The lowest BCUT2D eigenvalue weighted by molar-refractivity contribution is 0.0814. The van der Waals surface area contributed by atoms with Crippen LogP contribution in [0, 0.1) is 0 Å². The molecule has 0 unspecified atom stereocenters. The average molecular weight is 281 g/mol. The summed E-state index contributed by atoms with van der Waals surface area (Å²) >= 11 is 0. The molecule has 2 aromatic carbocycles. The minimum absolute atomic E-state index is 0.298. The van der Waals surface area contributed by atoms with Gasteiger partial charge in [-0.05, 0) is 37.6 Å². The highest BCUT2D eigenvalue weighted by atomic mass is 16.3. The topological polar surface area (TPSA) is 23.5 Å². The van der Waals surface area contributed by atoms with Crippen LogP contribution in [0.1, 0.15) is 24.0 Å². The van der Waals surface area contributed by atoms with Gasteiger partial charge in [-0.2, -0.15) is 0 Å². The highest BCUT2D eigenvalue weighted by Gasteiger charge is 2.42. The van der Waals surface area contributed by atoms with Gasteiger partial charge in [0.1, 0.15) is 0 Å². The maximum atomic E-state index is 11.0. The first kappa shape index (κ1) is 14.3. The Balaban J connectivity index is 2.15. The SMILES string of the molecule is CN1CCCC(c2ccccc2)(c2ccccc2)[C@@H](O)C1. The van der Waals surface area contributed by atoms with Gasteiger partial charge in [0.15, 0.2) is 0 Å². The second kappa shape index (κ2) is 6.00. The molecule has 0 spiro atoms. The van der Waals surface area contributed by atoms with Crippen LogP contribution in [0.5, 0.6) is 0 Å². The third-order valence-corrected chi connectivity index (χ3v) is 4.74. The van der Waals surface area contributed by atoms with Crippen LogP contribution in [0.4, 0.5) is 0 Å². The summed E-state index contributed by atoms with van der Waals surface area (Å²) in [6.45, 7) is 1.75. The van der Waals surface area contributed by atoms with E-state index in [2.05, 4.69) is 60.5 Å². The largest absolute Gasteiger partial charge is 0.391 e. The molecule has 1 aliphatic rings. The molecule has 1 heterocycles. The minimum atomic E-state index is -0.394. The van der Waals surface area contributed by atoms with E-state index in [1.165, 1.54) is 11.1 Å². The molecule has 0 radical (unpaired) electrons. The van der Waals surface area contributed by atoms with Gasteiger partial charge in [-0.1, -0.05) is 60.7 Å². The van der Waals surface area contributed by atoms with Gasteiger partial charge >= 0.3 is 0 Å². The lowest BCUT2D eigenvalue weighted by Gasteiger charge is -2.38. The van der Waals surface area contributed by atoms with Gasteiger partial charge in [0.25, 0.3) is 0 Å². The maximum absolute atomic E-state index is 11.0. The fraction of sp³-hybridized carbons (Fsp3) is 0.368. The molecular formula is C19H23NO. The predicted octanol–water partition coefficient (Wildman–Crippen LogP) is 3.06. The third kappa shape index (κ3) is 2.61. The molecule has 0 bridgehead atoms. The van der Waals surface area contributed by atoms with Gasteiger partial charge in [0, 0.05) is 12.0 Å². The molecule has 3 rings (SSSR count). The highest BCUT2D eigenvalue weighted by Crippen LogP contribution is 2.41. The zero-order valence-electron chi connectivity index (χ0n) is 12.6. The summed E-state index contributed by atoms with van der Waals surface area (Å²) < 4.78 is 0. The molecule has 1 saturated heterocycles. The summed E-state index contributed by atoms with van der Waals surface area (Å²) in [6.07, 6.45) is 1.68. The van der Waals surface area contributed by atoms with Crippen LogP contribution in [0.3, 0.4) is 0 Å². The number of likely N-dealkylation sites (tertiary alicyclic amines) is 1. The lowest BCUT2D eigenvalue weighted by Crippen LogP contribution is -2.44. The molecule has 0 amide bonds. The summed E-state index contributed by atoms with van der Waals surface area (Å²) in [5.74, 6) is 0. The molecular weight excluding hydrogens is 258 g/mol. The average Bonchev–Trinajstić information content (AvgIpc) is 2.68. The van der Waals surface area contributed by atoms with E-state index in [0.717, 1.165) is 19.4 Å². The van der Waals surface area contributed by atoms with Crippen molar-refractivity contribution < 1.29 is 5.11 Å². The second-order valence-corrected chi connectivity index (χ2v) is 6.08. The number of aliphatic hydroxyl groups excluding tert-OH is 1. The first-order chi connectivity index (χ1) is 10.2. The van der Waals surface area contributed by atoms with E-state index in [4.69, 9.17) is 0 Å². The van der Waals surface area contributed by atoms with Crippen molar-refractivity contribution in [2.45, 2.75) is 24.4 Å². The van der Waals surface area contributed by atoms with Crippen LogP contribution in [0.15, 0.2) is 60.7 Å². The van der Waals surface area contributed by atoms with Gasteiger partial charge in [-0.25, -0.2) is 0 Å². The lowest BCUT2D eigenvalue weighted by atomic mass is 9.68. The van der Waals surface area contributed by atoms with Crippen LogP contribution in [0.25, 0.3) is 0 Å². The number of likely N-dealkylation sites (N-methyl/N-ethyl adjacent to an activating group) is 1. The van der Waals surface area contributed by atoms with E-state index in [1.807, 2.05) is 12.1 Å². The van der Waals surface area contributed by atoms with Crippen molar-refractivity contribution in [2.75, 3.05) is 20.1 Å². The first-order valence-electron chi connectivity index (χ1n) is 7.71. The number of aliphatic hydroxyl groups is 1. The molecule has 0 aromatic heterocycles. The number of rotatable bonds is 2. The van der Waals surface area contributed by atoms with Crippen molar-refractivity contribution in [3.63, 3.8) is 0 Å². The normalized spacial score (nSPS) is 22.7. The minimum Gasteiger partial charge on any atom is -0.391 e. The molecule has 1 atom stereocenters. The van der Waals surface area contributed by atoms with E-state index >= 15 is 0 Å². The van der Waals surface area contributed by atoms with Gasteiger partial charge in [-0.15, -0.1) is 0 Å². The van der Waals surface area contributed by atoms with E-state index in [9.17, 15) is 5.11 Å². The molecule has 2 nitrogen and oxygen atoms in total. The Bertz CT molecular complexity index is 527. The monoisotopic (exact) mass is 281 g/mol. The Labute approximate surface area is 127 Å². The molecule has 1 fully saturated rings. The molecule has 21 heavy (non-hydrogen) atoms. The molecule has 1 aliphatic heterocycles. The molecule has 110 valence electrons. The van der Waals surface area contributed by atoms with Crippen LogP contribution in [0.2, 0.25) is 0 Å². The predicted molar refractivity (Wildman–Crippen MR) is 86.4 cm³/mol. The van der Waals surface area contributed by atoms with Crippen molar-refractivity contribution in [2.24, 2.45) is 0 Å². The number of hydrogen-bond donors (Lipinski definition) is 1. The fourth-order valence-electron chi connectivity index (χ4n) is 3.65. The second-order valence-electron chi connectivity index (χ2n) is 6.08. The number of hydrogen-bond acceptors (Lipinski definition) is 2. The summed E-state index contributed by atoms with van der Waals surface area (Å²) in [5, 5.41) is 11.0. The molecule has 0 aliphatic carbocycles. The molecule has 2 aromatic rings. The number of benzene rings is 2. The molecule has 2 heteroatoms.